The van der Waals surface area contributed by atoms with Crippen molar-refractivity contribution in [2.24, 2.45) is 5.73 Å². The quantitative estimate of drug-likeness (QED) is 0.0188. The number of rotatable bonds is 22. The van der Waals surface area contributed by atoms with E-state index >= 15 is 0 Å². The largest absolute Gasteiger partial charge is 0.481 e. The third-order valence-electron chi connectivity index (χ3n) is 18.4. The lowest BCUT2D eigenvalue weighted by Crippen LogP contribution is -2.37. The Labute approximate surface area is 703 Å². The molecule has 120 heavy (non-hydrogen) atoms. The molecule has 3 atom stereocenters. The van der Waals surface area contributed by atoms with Gasteiger partial charge in [-0.25, -0.2) is 24.0 Å². The van der Waals surface area contributed by atoms with Gasteiger partial charge in [0, 0.05) is 90.0 Å². The zero-order valence-corrected chi connectivity index (χ0v) is 67.7. The van der Waals surface area contributed by atoms with Crippen LogP contribution in [0.3, 0.4) is 0 Å². The summed E-state index contributed by atoms with van der Waals surface area (Å²) in [4.78, 5) is 112. The van der Waals surface area contributed by atoms with E-state index in [1.165, 1.54) is 0 Å². The number of aliphatic carboxylic acids is 1. The van der Waals surface area contributed by atoms with E-state index in [-0.39, 0.29) is 79.5 Å². The Bertz CT molecular complexity index is 5510. The summed E-state index contributed by atoms with van der Waals surface area (Å²) in [6, 6.07) is 60.8. The Morgan fingerprint density at radius 3 is 1.03 bits per heavy atom. The highest BCUT2D eigenvalue weighted by Gasteiger charge is 2.27. The molecule has 0 aliphatic carbocycles. The summed E-state index contributed by atoms with van der Waals surface area (Å²) >= 11 is 0. The topological polar surface area (TPSA) is 342 Å². The van der Waals surface area contributed by atoms with Crippen molar-refractivity contribution in [2.45, 2.75) is 154 Å². The zero-order valence-electron chi connectivity index (χ0n) is 67.7. The normalized spacial score (nSPS) is 11.4. The molecule has 0 spiro atoms. The first-order valence-electron chi connectivity index (χ1n) is 38.0. The number of carboxylic acids is 1. The Kier molecular flexibility index (Phi) is 35.4. The summed E-state index contributed by atoms with van der Waals surface area (Å²) in [6.07, 6.45) is 9.27. The molecular formula is C97H111N9O14. The number of aryl methyl sites for hydroxylation is 6. The molecule has 0 aliphatic heterocycles. The van der Waals surface area contributed by atoms with Crippen LogP contribution in [-0.2, 0) is 57.9 Å². The predicted molar refractivity (Wildman–Crippen MR) is 475 cm³/mol. The fourth-order valence-electron chi connectivity index (χ4n) is 12.3. The van der Waals surface area contributed by atoms with Gasteiger partial charge in [0.2, 0.25) is 11.8 Å². The molecule has 12 rings (SSSR count). The Hall–Kier alpha value is -13.7. The smallest absolute Gasteiger partial charge is 0.407 e. The molecule has 0 bridgehead atoms. The number of ether oxygens (including phenoxy) is 5. The van der Waals surface area contributed by atoms with Gasteiger partial charge in [0.05, 0.1) is 34.4 Å². The maximum atomic E-state index is 13.5. The molecular weight excluding hydrogens is 1520 g/mol. The molecule has 23 heteroatoms. The van der Waals surface area contributed by atoms with Crippen LogP contribution in [0.2, 0.25) is 0 Å². The van der Waals surface area contributed by atoms with Gasteiger partial charge >= 0.3 is 36.1 Å². The summed E-state index contributed by atoms with van der Waals surface area (Å²) in [5.41, 5.74) is 24.1. The van der Waals surface area contributed by atoms with Gasteiger partial charge in [0.1, 0.15) is 31.0 Å². The van der Waals surface area contributed by atoms with Crippen molar-refractivity contribution in [3.8, 4) is 0 Å². The standard InChI is InChI=1S/C33H35N3O5.C28H27N3O3.C24H29NO6.C9H8N2.3CH4/c1-21-6-13-28(22(2)16-21)31(38)40-20-23-7-9-24(10-8-23)29(19-35-32(39)41-33(3,4)5)30(37)36-27-12-11-26-18-34-15-14-25(26)17-27;1-18-3-10-25(19(2)13-18)28(33)34-17-20-4-6-21(7-5-20)26(15-29)27(32)31-24-9-8-23-16-30-12-11-22(23)14-24;1-15-6-11-19(16(2)12-15)22(28)30-14-17-7-9-18(10-8-17)20(21(26)27)13-25-23(29)31-24(3,4)5;10-9-2-1-8-6-11-4-3-7(8)5-9;;;/h6-18,29H,19-20H2,1-5H3,(H,35,39)(H,36,37);3-14,16,26H,15,17,29H2,1-2H3,(H,31,32);6-12,20H,13-14H2,1-5H3,(H,25,29)(H,26,27);1-6H,10H2;3*1H4/t29-;26-;20-;;;;/m111..../s1. The van der Waals surface area contributed by atoms with Crippen molar-refractivity contribution < 1.29 is 67.1 Å². The monoisotopic (exact) mass is 1630 g/mol. The van der Waals surface area contributed by atoms with Crippen molar-refractivity contribution in [2.75, 3.05) is 36.0 Å². The molecule has 0 fully saturated rings. The van der Waals surface area contributed by atoms with E-state index in [2.05, 4.69) is 36.2 Å². The summed E-state index contributed by atoms with van der Waals surface area (Å²) in [5, 5.41) is 26.8. The van der Waals surface area contributed by atoms with E-state index < -0.39 is 59.1 Å². The fraction of sp³-hybridized carbons (Fsp3) is 0.268. The number of nitrogens with two attached hydrogens (primary N) is 2. The maximum absolute atomic E-state index is 13.5. The van der Waals surface area contributed by atoms with E-state index in [1.54, 1.807) is 139 Å². The fourth-order valence-corrected chi connectivity index (χ4v) is 12.3. The molecule has 0 radical (unpaired) electrons. The summed E-state index contributed by atoms with van der Waals surface area (Å²) in [5.74, 6) is -4.82. The van der Waals surface area contributed by atoms with E-state index in [0.717, 1.165) is 93.6 Å². The second-order valence-electron chi connectivity index (χ2n) is 30.2. The van der Waals surface area contributed by atoms with Crippen LogP contribution in [0.15, 0.2) is 237 Å². The number of carbonyl (C=O) groups is 8. The van der Waals surface area contributed by atoms with E-state index in [0.29, 0.717) is 39.2 Å². The first-order valence-corrected chi connectivity index (χ1v) is 38.0. The molecule has 9 aromatic carbocycles. The number of benzene rings is 9. The van der Waals surface area contributed by atoms with Gasteiger partial charge in [-0.2, -0.15) is 0 Å². The number of esters is 3. The lowest BCUT2D eigenvalue weighted by atomic mass is 9.96. The van der Waals surface area contributed by atoms with E-state index in [1.807, 2.05) is 181 Å². The zero-order chi connectivity index (χ0) is 84.5. The number of pyridine rings is 3. The lowest BCUT2D eigenvalue weighted by Gasteiger charge is -2.22. The number of hydrogen-bond acceptors (Lipinski definition) is 18. The molecule has 23 nitrogen and oxygen atoms in total. The average Bonchev–Trinajstić information content (AvgIpc) is 0.810. The summed E-state index contributed by atoms with van der Waals surface area (Å²) < 4.78 is 26.9. The lowest BCUT2D eigenvalue weighted by molar-refractivity contribution is -0.138. The minimum atomic E-state index is -1.06. The number of aromatic nitrogens is 3. The van der Waals surface area contributed by atoms with Crippen LogP contribution >= 0.6 is 0 Å². The molecule has 3 aromatic heterocycles. The van der Waals surface area contributed by atoms with Crippen LogP contribution in [0.5, 0.6) is 0 Å². The summed E-state index contributed by atoms with van der Waals surface area (Å²) in [6.45, 7) is 22.5. The number of nitrogens with zero attached hydrogens (tertiary/aromatic N) is 3. The number of carboxylic acid groups (broad SMARTS) is 1. The van der Waals surface area contributed by atoms with Crippen LogP contribution in [0.1, 0.15) is 179 Å². The third kappa shape index (κ3) is 28.9. The SMILES string of the molecule is C.C.C.Cc1ccc(C(=O)OCc2ccc([C@@H](CN)C(=O)Nc3ccc4cnccc4c3)cc2)c(C)c1.Cc1ccc(C(=O)OCc2ccc([C@@H](CNC(=O)OC(C)(C)C)C(=O)Nc3ccc4cnccc4c3)cc2)c(C)c1.Cc1ccc(C(=O)OCc2ccc([C@@H](CNC(=O)OC(C)(C)C)C(=O)O)cc2)c(C)c1.Nc1ccc2cnccc2c1. The van der Waals surface area contributed by atoms with Gasteiger partial charge in [0.25, 0.3) is 0 Å². The van der Waals surface area contributed by atoms with Gasteiger partial charge in [-0.15, -0.1) is 0 Å². The minimum absolute atomic E-state index is 0. The van der Waals surface area contributed by atoms with Crippen LogP contribution in [-0.4, -0.2) is 98.8 Å². The molecule has 0 aliphatic rings. The molecule has 628 valence electrons. The molecule has 9 N–H and O–H groups in total. The number of amides is 4. The number of hydrogen-bond donors (Lipinski definition) is 7. The Morgan fingerprint density at radius 1 is 0.383 bits per heavy atom. The highest BCUT2D eigenvalue weighted by Crippen LogP contribution is 2.27. The Balaban J connectivity index is 0.000000260. The average molecular weight is 1630 g/mol. The van der Waals surface area contributed by atoms with Crippen LogP contribution in [0, 0.1) is 41.5 Å². The van der Waals surface area contributed by atoms with Gasteiger partial charge in [0.15, 0.2) is 0 Å². The number of carbonyl (C=O) groups excluding carboxylic acids is 7. The van der Waals surface area contributed by atoms with Gasteiger partial charge in [-0.05, 0) is 222 Å². The van der Waals surface area contributed by atoms with Crippen LogP contribution < -0.4 is 32.7 Å². The second-order valence-corrected chi connectivity index (χ2v) is 30.2. The predicted octanol–water partition coefficient (Wildman–Crippen LogP) is 19.4. The first-order chi connectivity index (χ1) is 55.7. The maximum Gasteiger partial charge on any atom is 0.407 e. The Morgan fingerprint density at radius 2 is 0.700 bits per heavy atom. The highest BCUT2D eigenvalue weighted by atomic mass is 16.6. The highest BCUT2D eigenvalue weighted by molar-refractivity contribution is 6.00. The third-order valence-corrected chi connectivity index (χ3v) is 18.4. The van der Waals surface area contributed by atoms with E-state index in [4.69, 9.17) is 35.2 Å². The number of fused-ring (bicyclic) bond motifs is 3. The molecule has 0 saturated carbocycles. The van der Waals surface area contributed by atoms with Gasteiger partial charge in [-0.3, -0.25) is 29.3 Å². The van der Waals surface area contributed by atoms with Gasteiger partial charge in [-0.1, -0.05) is 166 Å². The number of nitrogens with one attached hydrogen (secondary N) is 4. The van der Waals surface area contributed by atoms with E-state index in [9.17, 15) is 43.5 Å². The van der Waals surface area contributed by atoms with Crippen molar-refractivity contribution in [3.63, 3.8) is 0 Å². The number of alkyl carbamates (subject to hydrolysis) is 2. The van der Waals surface area contributed by atoms with Crippen molar-refractivity contribution in [1.29, 1.82) is 0 Å². The van der Waals surface area contributed by atoms with Crippen LogP contribution in [0.4, 0.5) is 26.7 Å². The second kappa shape index (κ2) is 44.6. The summed E-state index contributed by atoms with van der Waals surface area (Å²) in [7, 11) is 0. The minimum Gasteiger partial charge on any atom is -0.481 e. The number of anilines is 3. The molecule has 3 heterocycles. The molecule has 0 saturated heterocycles. The first kappa shape index (κ1) is 95.2. The number of nitrogen functional groups attached to an aromatic ring is 1. The molecule has 0 unspecified atom stereocenters. The molecule has 4 amide bonds. The van der Waals surface area contributed by atoms with Crippen molar-refractivity contribution >= 4 is 97.3 Å². The van der Waals surface area contributed by atoms with Crippen molar-refractivity contribution in [3.05, 3.63) is 321 Å². The van der Waals surface area contributed by atoms with Crippen molar-refractivity contribution in [1.82, 2.24) is 25.6 Å². The molecule has 12 aromatic rings. The van der Waals surface area contributed by atoms with Crippen LogP contribution in [0.25, 0.3) is 32.3 Å². The van der Waals surface area contributed by atoms with Gasteiger partial charge < -0.3 is 61.5 Å².